The zero-order chi connectivity index (χ0) is 24.9. The molecular weight excluding hydrogens is 446 g/mol. The fourth-order valence-electron chi connectivity index (χ4n) is 4.03. The van der Waals surface area contributed by atoms with Crippen molar-refractivity contribution >= 4 is 23.5 Å². The second-order valence-electron chi connectivity index (χ2n) is 7.75. The normalized spacial score (nSPS) is 15.6. The molecule has 7 nitrogen and oxygen atoms in total. The van der Waals surface area contributed by atoms with Crippen molar-refractivity contribution in [2.75, 3.05) is 26.2 Å². The SMILES string of the molecule is COc1ccc(N2C(=O)C(O)=C(C(=O)/C=C/c3ccccc3)[C@H]2c2ccc(OC)cc2OC)cc1. The largest absolute Gasteiger partial charge is 0.503 e. The van der Waals surface area contributed by atoms with E-state index >= 15 is 0 Å². The average molecular weight is 472 g/mol. The van der Waals surface area contributed by atoms with Crippen molar-refractivity contribution in [3.63, 3.8) is 0 Å². The number of amides is 1. The van der Waals surface area contributed by atoms with Crippen LogP contribution in [0.1, 0.15) is 17.2 Å². The molecule has 1 aliphatic rings. The third-order valence-electron chi connectivity index (χ3n) is 5.79. The first kappa shape index (κ1) is 23.6. The smallest absolute Gasteiger partial charge is 0.294 e. The summed E-state index contributed by atoms with van der Waals surface area (Å²) in [6.45, 7) is 0. The number of aliphatic hydroxyl groups excluding tert-OH is 1. The van der Waals surface area contributed by atoms with Gasteiger partial charge in [-0.3, -0.25) is 14.5 Å². The fourth-order valence-corrected chi connectivity index (χ4v) is 4.03. The Kier molecular flexibility index (Phi) is 6.87. The van der Waals surface area contributed by atoms with Gasteiger partial charge in [-0.05, 0) is 48.0 Å². The molecule has 1 amide bonds. The van der Waals surface area contributed by atoms with Crippen LogP contribution < -0.4 is 19.1 Å². The van der Waals surface area contributed by atoms with Crippen LogP contribution in [0.3, 0.4) is 0 Å². The zero-order valence-corrected chi connectivity index (χ0v) is 19.6. The summed E-state index contributed by atoms with van der Waals surface area (Å²) in [6, 6.07) is 20.3. The monoisotopic (exact) mass is 471 g/mol. The summed E-state index contributed by atoms with van der Waals surface area (Å²) < 4.78 is 16.1. The first-order chi connectivity index (χ1) is 17.0. The van der Waals surface area contributed by atoms with Gasteiger partial charge in [0.05, 0.1) is 32.9 Å². The first-order valence-corrected chi connectivity index (χ1v) is 10.9. The Bertz CT molecular complexity index is 1290. The molecule has 1 aliphatic heterocycles. The Hall–Kier alpha value is -4.52. The number of aliphatic hydroxyl groups is 1. The van der Waals surface area contributed by atoms with Crippen LogP contribution in [0.15, 0.2) is 90.2 Å². The van der Waals surface area contributed by atoms with Crippen molar-refractivity contribution in [1.29, 1.82) is 0 Å². The molecule has 1 atom stereocenters. The molecule has 1 heterocycles. The molecule has 0 saturated carbocycles. The lowest BCUT2D eigenvalue weighted by Crippen LogP contribution is -2.31. The van der Waals surface area contributed by atoms with Crippen molar-refractivity contribution in [1.82, 2.24) is 0 Å². The molecule has 0 aromatic heterocycles. The number of rotatable bonds is 8. The molecule has 0 spiro atoms. The lowest BCUT2D eigenvalue weighted by molar-refractivity contribution is -0.117. The predicted octanol–water partition coefficient (Wildman–Crippen LogP) is 4.89. The quantitative estimate of drug-likeness (QED) is 0.471. The molecule has 3 aromatic carbocycles. The van der Waals surface area contributed by atoms with Crippen molar-refractivity contribution in [3.8, 4) is 17.2 Å². The van der Waals surface area contributed by atoms with Gasteiger partial charge in [0.25, 0.3) is 5.91 Å². The number of hydrogen-bond acceptors (Lipinski definition) is 6. The van der Waals surface area contributed by atoms with Crippen molar-refractivity contribution in [3.05, 3.63) is 101 Å². The summed E-state index contributed by atoms with van der Waals surface area (Å²) in [5, 5.41) is 10.9. The summed E-state index contributed by atoms with van der Waals surface area (Å²) in [5.74, 6) is -0.207. The Morgan fingerprint density at radius 3 is 2.17 bits per heavy atom. The highest BCUT2D eigenvalue weighted by Gasteiger charge is 2.45. The summed E-state index contributed by atoms with van der Waals surface area (Å²) in [7, 11) is 4.57. The number of benzene rings is 3. The third kappa shape index (κ3) is 4.61. The molecule has 178 valence electrons. The van der Waals surface area contributed by atoms with E-state index in [2.05, 4.69) is 0 Å². The van der Waals surface area contributed by atoms with Gasteiger partial charge in [-0.15, -0.1) is 0 Å². The molecule has 0 saturated heterocycles. The summed E-state index contributed by atoms with van der Waals surface area (Å²) in [5.41, 5.74) is 1.79. The van der Waals surface area contributed by atoms with Crippen LogP contribution in [-0.2, 0) is 9.59 Å². The van der Waals surface area contributed by atoms with Crippen LogP contribution in [0.4, 0.5) is 5.69 Å². The van der Waals surface area contributed by atoms with E-state index in [1.54, 1.807) is 55.7 Å². The summed E-state index contributed by atoms with van der Waals surface area (Å²) >= 11 is 0. The van der Waals surface area contributed by atoms with Crippen molar-refractivity contribution in [2.24, 2.45) is 0 Å². The number of nitrogens with zero attached hydrogens (tertiary/aromatic N) is 1. The summed E-state index contributed by atoms with van der Waals surface area (Å²) in [4.78, 5) is 28.1. The van der Waals surface area contributed by atoms with Crippen LogP contribution in [0.2, 0.25) is 0 Å². The number of allylic oxidation sites excluding steroid dienone is 1. The van der Waals surface area contributed by atoms with Crippen LogP contribution in [0.25, 0.3) is 6.08 Å². The van der Waals surface area contributed by atoms with Gasteiger partial charge >= 0.3 is 0 Å². The molecular formula is C28H25NO6. The molecule has 0 radical (unpaired) electrons. The maximum absolute atomic E-state index is 13.4. The van der Waals surface area contributed by atoms with Crippen molar-refractivity contribution < 1.29 is 28.9 Å². The van der Waals surface area contributed by atoms with E-state index in [1.165, 1.54) is 25.2 Å². The third-order valence-corrected chi connectivity index (χ3v) is 5.79. The Morgan fingerprint density at radius 2 is 1.54 bits per heavy atom. The highest BCUT2D eigenvalue weighted by molar-refractivity contribution is 6.20. The van der Waals surface area contributed by atoms with E-state index in [1.807, 2.05) is 30.3 Å². The molecule has 0 aliphatic carbocycles. The number of methoxy groups -OCH3 is 3. The maximum atomic E-state index is 13.4. The molecule has 7 heteroatoms. The molecule has 4 rings (SSSR count). The van der Waals surface area contributed by atoms with Crippen molar-refractivity contribution in [2.45, 2.75) is 6.04 Å². The van der Waals surface area contributed by atoms with E-state index < -0.39 is 23.5 Å². The van der Waals surface area contributed by atoms with Crippen LogP contribution in [0.5, 0.6) is 17.2 Å². The minimum absolute atomic E-state index is 0.0403. The fraction of sp³-hybridized carbons (Fsp3) is 0.143. The number of carbonyl (C=O) groups is 2. The topological polar surface area (TPSA) is 85.3 Å². The molecule has 0 bridgehead atoms. The number of hydrogen-bond donors (Lipinski definition) is 1. The predicted molar refractivity (Wildman–Crippen MR) is 133 cm³/mol. The Labute approximate surface area is 203 Å². The zero-order valence-electron chi connectivity index (χ0n) is 19.6. The molecule has 0 unspecified atom stereocenters. The van der Waals surface area contributed by atoms with E-state index in [4.69, 9.17) is 14.2 Å². The van der Waals surface area contributed by atoms with Crippen LogP contribution in [0, 0.1) is 0 Å². The highest BCUT2D eigenvalue weighted by atomic mass is 16.5. The standard InChI is InChI=1S/C28H25NO6/c1-33-20-12-10-19(11-13-20)29-26(22-15-14-21(34-2)17-24(22)35-3)25(27(31)28(29)32)23(30)16-9-18-7-5-4-6-8-18/h4-17,26,31H,1-3H3/b16-9+/t26-/m1/s1. The Morgan fingerprint density at radius 1 is 0.886 bits per heavy atom. The first-order valence-electron chi connectivity index (χ1n) is 10.9. The number of carbonyl (C=O) groups excluding carboxylic acids is 2. The number of anilines is 1. The van der Waals surface area contributed by atoms with Crippen LogP contribution in [-0.4, -0.2) is 38.1 Å². The van der Waals surface area contributed by atoms with E-state index in [0.717, 1.165) is 5.56 Å². The van der Waals surface area contributed by atoms with Gasteiger partial charge in [-0.25, -0.2) is 0 Å². The van der Waals surface area contributed by atoms with Gasteiger partial charge in [-0.1, -0.05) is 36.4 Å². The van der Waals surface area contributed by atoms with Gasteiger partial charge in [0.2, 0.25) is 0 Å². The maximum Gasteiger partial charge on any atom is 0.294 e. The van der Waals surface area contributed by atoms with E-state index in [0.29, 0.717) is 28.5 Å². The minimum Gasteiger partial charge on any atom is -0.503 e. The van der Waals surface area contributed by atoms with Gasteiger partial charge < -0.3 is 19.3 Å². The average Bonchev–Trinajstić information content (AvgIpc) is 3.17. The summed E-state index contributed by atoms with van der Waals surface area (Å²) in [6.07, 6.45) is 3.00. The Balaban J connectivity index is 1.84. The van der Waals surface area contributed by atoms with Gasteiger partial charge in [0, 0.05) is 17.3 Å². The number of ketones is 1. The molecule has 1 N–H and O–H groups in total. The van der Waals surface area contributed by atoms with Crippen LogP contribution >= 0.6 is 0 Å². The lowest BCUT2D eigenvalue weighted by atomic mass is 9.94. The molecule has 0 fully saturated rings. The van der Waals surface area contributed by atoms with E-state index in [9.17, 15) is 14.7 Å². The van der Waals surface area contributed by atoms with Gasteiger partial charge in [0.15, 0.2) is 11.5 Å². The van der Waals surface area contributed by atoms with E-state index in [-0.39, 0.29) is 5.57 Å². The highest BCUT2D eigenvalue weighted by Crippen LogP contribution is 2.45. The molecule has 35 heavy (non-hydrogen) atoms. The second-order valence-corrected chi connectivity index (χ2v) is 7.75. The minimum atomic E-state index is -0.926. The van der Waals surface area contributed by atoms with Gasteiger partial charge in [0.1, 0.15) is 17.2 Å². The second kappa shape index (κ2) is 10.2. The number of ether oxygens (including phenoxy) is 3. The lowest BCUT2D eigenvalue weighted by Gasteiger charge is -2.28. The van der Waals surface area contributed by atoms with Gasteiger partial charge in [-0.2, -0.15) is 0 Å². The molecule has 3 aromatic rings.